The Bertz CT molecular complexity index is 954. The molecule has 2 aromatic heterocycles. The molecule has 0 unspecified atom stereocenters. The minimum Gasteiger partial charge on any atom is -0.361 e. The topological polar surface area (TPSA) is 62.1 Å². The van der Waals surface area contributed by atoms with E-state index in [1.165, 1.54) is 12.1 Å². The van der Waals surface area contributed by atoms with E-state index in [1.807, 2.05) is 12.3 Å². The van der Waals surface area contributed by atoms with Gasteiger partial charge in [0.2, 0.25) is 0 Å². The van der Waals surface area contributed by atoms with Crippen LogP contribution in [-0.4, -0.2) is 34.0 Å². The quantitative estimate of drug-likeness (QED) is 0.784. The van der Waals surface area contributed by atoms with Gasteiger partial charge in [0, 0.05) is 41.8 Å². The van der Waals surface area contributed by atoms with E-state index < -0.39 is 0 Å². The summed E-state index contributed by atoms with van der Waals surface area (Å²) in [5, 5.41) is 4.78. The molecule has 5 nitrogen and oxygen atoms in total. The van der Waals surface area contributed by atoms with Crippen molar-refractivity contribution in [1.29, 1.82) is 0 Å². The first-order valence-corrected chi connectivity index (χ1v) is 7.80. The molecule has 3 aromatic rings. The maximum Gasteiger partial charge on any atom is 0.276 e. The molecule has 122 valence electrons. The Kier molecular flexibility index (Phi) is 3.45. The van der Waals surface area contributed by atoms with Gasteiger partial charge in [-0.05, 0) is 37.1 Å². The minimum atomic E-state index is -0.256. The highest BCUT2D eigenvalue weighted by atomic mass is 19.1. The summed E-state index contributed by atoms with van der Waals surface area (Å²) in [6, 6.07) is 6.39. The molecule has 0 fully saturated rings. The first kappa shape index (κ1) is 14.7. The molecular weight excluding hydrogens is 309 g/mol. The molecule has 0 radical (unpaired) electrons. The van der Waals surface area contributed by atoms with Gasteiger partial charge in [-0.3, -0.25) is 4.79 Å². The summed E-state index contributed by atoms with van der Waals surface area (Å²) in [7, 11) is 0. The number of amides is 1. The zero-order valence-electron chi connectivity index (χ0n) is 13.2. The van der Waals surface area contributed by atoms with Crippen LogP contribution < -0.4 is 0 Å². The number of nitrogens with one attached hydrogen (secondary N) is 1. The Hall–Kier alpha value is -2.89. The van der Waals surface area contributed by atoms with Gasteiger partial charge in [-0.2, -0.15) is 0 Å². The highest BCUT2D eigenvalue weighted by Gasteiger charge is 2.22. The third-order valence-corrected chi connectivity index (χ3v) is 4.33. The Balaban J connectivity index is 1.56. The predicted octanol–water partition coefficient (Wildman–Crippen LogP) is 3.53. The van der Waals surface area contributed by atoms with E-state index in [1.54, 1.807) is 24.0 Å². The monoisotopic (exact) mass is 325 g/mol. The second-order valence-corrected chi connectivity index (χ2v) is 5.95. The molecule has 0 saturated carbocycles. The van der Waals surface area contributed by atoms with Gasteiger partial charge >= 0.3 is 0 Å². The Morgan fingerprint density at radius 3 is 2.96 bits per heavy atom. The van der Waals surface area contributed by atoms with Gasteiger partial charge < -0.3 is 14.4 Å². The van der Waals surface area contributed by atoms with Crippen LogP contribution in [0.4, 0.5) is 4.39 Å². The summed E-state index contributed by atoms with van der Waals surface area (Å²) >= 11 is 0. The zero-order valence-corrected chi connectivity index (χ0v) is 13.2. The summed E-state index contributed by atoms with van der Waals surface area (Å²) in [6.45, 7) is 2.90. The number of nitrogens with zero attached hydrogens (tertiary/aromatic N) is 2. The normalized spacial score (nSPS) is 14.9. The van der Waals surface area contributed by atoms with Crippen LogP contribution in [0.3, 0.4) is 0 Å². The number of carbonyl (C=O) groups excluding carboxylic acids is 1. The van der Waals surface area contributed by atoms with Gasteiger partial charge in [0.1, 0.15) is 11.6 Å². The fourth-order valence-electron chi connectivity index (χ4n) is 3.09. The molecule has 3 heterocycles. The van der Waals surface area contributed by atoms with Crippen LogP contribution in [-0.2, 0) is 0 Å². The molecule has 1 amide bonds. The smallest absolute Gasteiger partial charge is 0.276 e. The second-order valence-electron chi connectivity index (χ2n) is 5.95. The fraction of sp³-hybridized carbons (Fsp3) is 0.222. The van der Waals surface area contributed by atoms with Gasteiger partial charge in [0.15, 0.2) is 5.69 Å². The van der Waals surface area contributed by atoms with Crippen LogP contribution in [0, 0.1) is 12.7 Å². The Morgan fingerprint density at radius 2 is 2.25 bits per heavy atom. The summed E-state index contributed by atoms with van der Waals surface area (Å²) in [4.78, 5) is 17.2. The average molecular weight is 325 g/mol. The molecule has 1 aliphatic heterocycles. The van der Waals surface area contributed by atoms with E-state index in [2.05, 4.69) is 10.1 Å². The van der Waals surface area contributed by atoms with Crippen molar-refractivity contribution in [1.82, 2.24) is 15.0 Å². The number of benzene rings is 1. The van der Waals surface area contributed by atoms with Crippen LogP contribution in [0.5, 0.6) is 0 Å². The molecule has 4 rings (SSSR count). The summed E-state index contributed by atoms with van der Waals surface area (Å²) < 4.78 is 18.3. The van der Waals surface area contributed by atoms with Crippen molar-refractivity contribution in [3.8, 4) is 0 Å². The lowest BCUT2D eigenvalue weighted by atomic mass is 9.99. The van der Waals surface area contributed by atoms with Crippen LogP contribution in [0.25, 0.3) is 16.5 Å². The van der Waals surface area contributed by atoms with Crippen molar-refractivity contribution in [2.24, 2.45) is 0 Å². The van der Waals surface area contributed by atoms with Crippen LogP contribution >= 0.6 is 0 Å². The number of carbonyl (C=O) groups is 1. The number of halogens is 1. The summed E-state index contributed by atoms with van der Waals surface area (Å²) in [5.41, 5.74) is 3.34. The van der Waals surface area contributed by atoms with Crippen molar-refractivity contribution < 1.29 is 13.7 Å². The lowest BCUT2D eigenvalue weighted by Gasteiger charge is -2.25. The van der Waals surface area contributed by atoms with Gasteiger partial charge in [-0.15, -0.1) is 0 Å². The number of rotatable bonds is 2. The lowest BCUT2D eigenvalue weighted by Crippen LogP contribution is -2.34. The predicted molar refractivity (Wildman–Crippen MR) is 88.0 cm³/mol. The molecule has 0 saturated heterocycles. The first-order valence-electron chi connectivity index (χ1n) is 7.80. The van der Waals surface area contributed by atoms with Crippen molar-refractivity contribution in [3.63, 3.8) is 0 Å². The molecular formula is C18H16FN3O2. The second kappa shape index (κ2) is 5.63. The average Bonchev–Trinajstić information content (AvgIpc) is 3.20. The Morgan fingerprint density at radius 1 is 1.38 bits per heavy atom. The number of fused-ring (bicyclic) bond motifs is 1. The zero-order chi connectivity index (χ0) is 16.7. The highest BCUT2D eigenvalue weighted by molar-refractivity contribution is 5.95. The van der Waals surface area contributed by atoms with Crippen LogP contribution in [0.2, 0.25) is 0 Å². The van der Waals surface area contributed by atoms with Crippen LogP contribution in [0.15, 0.2) is 41.1 Å². The van der Waals surface area contributed by atoms with Crippen LogP contribution in [0.1, 0.15) is 28.2 Å². The van der Waals surface area contributed by atoms with Gasteiger partial charge in [0.05, 0.1) is 0 Å². The molecule has 1 N–H and O–H groups in total. The van der Waals surface area contributed by atoms with E-state index in [0.29, 0.717) is 24.5 Å². The fourth-order valence-corrected chi connectivity index (χ4v) is 3.09. The van der Waals surface area contributed by atoms with E-state index in [9.17, 15) is 9.18 Å². The van der Waals surface area contributed by atoms with Crippen molar-refractivity contribution in [2.45, 2.75) is 13.3 Å². The van der Waals surface area contributed by atoms with Gasteiger partial charge in [-0.25, -0.2) is 4.39 Å². The number of hydrogen-bond acceptors (Lipinski definition) is 3. The van der Waals surface area contributed by atoms with Crippen molar-refractivity contribution >= 4 is 22.4 Å². The molecule has 1 aromatic carbocycles. The third kappa shape index (κ3) is 2.50. The maximum absolute atomic E-state index is 13.3. The van der Waals surface area contributed by atoms with Gasteiger partial charge in [0.25, 0.3) is 5.91 Å². The number of aromatic amines is 1. The maximum atomic E-state index is 13.3. The number of hydrogen-bond donors (Lipinski definition) is 1. The van der Waals surface area contributed by atoms with E-state index in [0.717, 1.165) is 28.5 Å². The van der Waals surface area contributed by atoms with Gasteiger partial charge in [-0.1, -0.05) is 11.2 Å². The summed E-state index contributed by atoms with van der Waals surface area (Å²) in [5.74, 6) is 0.244. The molecule has 0 atom stereocenters. The van der Waals surface area contributed by atoms with Crippen molar-refractivity contribution in [3.05, 3.63) is 59.4 Å². The van der Waals surface area contributed by atoms with Crippen molar-refractivity contribution in [2.75, 3.05) is 13.1 Å². The molecule has 1 aliphatic rings. The molecule has 0 aliphatic carbocycles. The number of aromatic nitrogens is 2. The third-order valence-electron chi connectivity index (χ3n) is 4.33. The minimum absolute atomic E-state index is 0.122. The Labute approximate surface area is 137 Å². The molecule has 0 spiro atoms. The summed E-state index contributed by atoms with van der Waals surface area (Å²) in [6.07, 6.45) is 4.68. The molecule has 6 heteroatoms. The standard InChI is InChI=1S/C18H16FN3O2/c1-11-8-17(21-24-11)18(23)22-6-4-12(5-7-22)15-10-20-16-9-13(19)2-3-14(15)16/h2-4,8-10,20H,5-7H2,1H3. The van der Waals surface area contributed by atoms with E-state index in [-0.39, 0.29) is 11.7 Å². The lowest BCUT2D eigenvalue weighted by molar-refractivity contribution is 0.0762. The highest BCUT2D eigenvalue weighted by Crippen LogP contribution is 2.29. The first-order chi connectivity index (χ1) is 11.6. The number of aryl methyl sites for hydroxylation is 1. The van der Waals surface area contributed by atoms with E-state index >= 15 is 0 Å². The molecule has 0 bridgehead atoms. The molecule has 24 heavy (non-hydrogen) atoms. The number of H-pyrrole nitrogens is 1. The SMILES string of the molecule is Cc1cc(C(=O)N2CC=C(c3c[nH]c4cc(F)ccc34)CC2)no1. The van der Waals surface area contributed by atoms with E-state index in [4.69, 9.17) is 4.52 Å². The largest absolute Gasteiger partial charge is 0.361 e.